The maximum atomic E-state index is 12.5. The molecule has 1 nitrogen and oxygen atoms in total. The summed E-state index contributed by atoms with van der Waals surface area (Å²) < 4.78 is 0. The first-order valence-electron chi connectivity index (χ1n) is 5.84. The van der Waals surface area contributed by atoms with Gasteiger partial charge in [0.2, 0.25) is 5.78 Å². The van der Waals surface area contributed by atoms with Crippen LogP contribution < -0.4 is 0 Å². The van der Waals surface area contributed by atoms with E-state index >= 15 is 0 Å². The third-order valence-electron chi connectivity index (χ3n) is 3.00. The lowest BCUT2D eigenvalue weighted by molar-refractivity contribution is 0.104. The molecule has 0 bridgehead atoms. The molecule has 0 atom stereocenters. The minimum atomic E-state index is 0.116. The molecule has 3 aromatic rings. The molecule has 0 unspecified atom stereocenters. The van der Waals surface area contributed by atoms with Crippen LogP contribution in [-0.2, 0) is 0 Å². The number of carbonyl (C=O) groups is 1. The predicted molar refractivity (Wildman–Crippen MR) is 76.4 cm³/mol. The average molecular weight is 252 g/mol. The summed E-state index contributed by atoms with van der Waals surface area (Å²) in [5.41, 5.74) is 0.787. The van der Waals surface area contributed by atoms with Gasteiger partial charge in [-0.2, -0.15) is 0 Å². The number of thiophene rings is 1. The van der Waals surface area contributed by atoms with Gasteiger partial charge in [0.1, 0.15) is 0 Å². The fourth-order valence-electron chi connectivity index (χ4n) is 2.11. The van der Waals surface area contributed by atoms with E-state index in [0.717, 1.165) is 21.2 Å². The zero-order valence-corrected chi connectivity index (χ0v) is 10.8. The highest BCUT2D eigenvalue weighted by Crippen LogP contribution is 2.24. The number of fused-ring (bicyclic) bond motifs is 1. The van der Waals surface area contributed by atoms with Crippen LogP contribution in [0.2, 0.25) is 0 Å². The van der Waals surface area contributed by atoms with Crippen molar-refractivity contribution < 1.29 is 4.79 Å². The lowest BCUT2D eigenvalue weighted by atomic mass is 10.0. The van der Waals surface area contributed by atoms with Crippen molar-refractivity contribution in [1.82, 2.24) is 0 Å². The predicted octanol–water partition coefficient (Wildman–Crippen LogP) is 4.44. The number of hydrogen-bond acceptors (Lipinski definition) is 2. The van der Waals surface area contributed by atoms with Crippen LogP contribution in [0.1, 0.15) is 20.1 Å². The van der Waals surface area contributed by atoms with Gasteiger partial charge in [0, 0.05) is 10.4 Å². The Morgan fingerprint density at radius 2 is 1.72 bits per heavy atom. The largest absolute Gasteiger partial charge is 0.288 e. The highest BCUT2D eigenvalue weighted by Gasteiger charge is 2.13. The second-order valence-electron chi connectivity index (χ2n) is 4.27. The molecule has 1 aromatic heterocycles. The van der Waals surface area contributed by atoms with Crippen molar-refractivity contribution in [2.45, 2.75) is 6.92 Å². The smallest absolute Gasteiger partial charge is 0.203 e. The molecule has 0 amide bonds. The third kappa shape index (κ3) is 1.85. The first kappa shape index (κ1) is 11.2. The van der Waals surface area contributed by atoms with Crippen LogP contribution in [0.4, 0.5) is 0 Å². The molecule has 0 aliphatic carbocycles. The van der Waals surface area contributed by atoms with Gasteiger partial charge < -0.3 is 0 Å². The quantitative estimate of drug-likeness (QED) is 0.616. The standard InChI is InChI=1S/C16H12OS/c1-11-9-10-15(18-11)16(17)14-8-4-6-12-5-2-3-7-13(12)14/h2-10H,1H3. The molecule has 1 heterocycles. The molecule has 0 spiro atoms. The van der Waals surface area contributed by atoms with Crippen LogP contribution >= 0.6 is 11.3 Å². The van der Waals surface area contributed by atoms with Crippen LogP contribution in [0.25, 0.3) is 10.8 Å². The van der Waals surface area contributed by atoms with Gasteiger partial charge in [0.15, 0.2) is 0 Å². The zero-order chi connectivity index (χ0) is 12.5. The van der Waals surface area contributed by atoms with E-state index in [2.05, 4.69) is 0 Å². The molecule has 88 valence electrons. The number of benzene rings is 2. The molecule has 2 heteroatoms. The lowest BCUT2D eigenvalue weighted by Gasteiger charge is -2.04. The summed E-state index contributed by atoms with van der Waals surface area (Å²) >= 11 is 1.55. The minimum Gasteiger partial charge on any atom is -0.288 e. The topological polar surface area (TPSA) is 17.1 Å². The second-order valence-corrected chi connectivity index (χ2v) is 5.55. The molecule has 0 saturated heterocycles. The van der Waals surface area contributed by atoms with E-state index in [4.69, 9.17) is 0 Å². The number of aryl methyl sites for hydroxylation is 1. The van der Waals surface area contributed by atoms with E-state index in [0.29, 0.717) is 0 Å². The Morgan fingerprint density at radius 3 is 2.50 bits per heavy atom. The number of ketones is 1. The Labute approximate surface area is 110 Å². The van der Waals surface area contributed by atoms with Crippen LogP contribution in [0.5, 0.6) is 0 Å². The summed E-state index contributed by atoms with van der Waals surface area (Å²) in [5.74, 6) is 0.116. The van der Waals surface area contributed by atoms with Gasteiger partial charge in [-0.3, -0.25) is 4.79 Å². The summed E-state index contributed by atoms with van der Waals surface area (Å²) in [6, 6.07) is 17.8. The molecule has 2 aromatic carbocycles. The maximum absolute atomic E-state index is 12.5. The first-order valence-corrected chi connectivity index (χ1v) is 6.66. The van der Waals surface area contributed by atoms with Gasteiger partial charge in [-0.25, -0.2) is 0 Å². The van der Waals surface area contributed by atoms with E-state index in [9.17, 15) is 4.79 Å². The van der Waals surface area contributed by atoms with Crippen molar-refractivity contribution in [3.05, 3.63) is 69.9 Å². The van der Waals surface area contributed by atoms with Gasteiger partial charge in [-0.05, 0) is 29.8 Å². The van der Waals surface area contributed by atoms with Gasteiger partial charge in [0.05, 0.1) is 4.88 Å². The molecule has 0 fully saturated rings. The number of hydrogen-bond donors (Lipinski definition) is 0. The molecule has 0 radical (unpaired) electrons. The van der Waals surface area contributed by atoms with Gasteiger partial charge in [-0.15, -0.1) is 11.3 Å². The Bertz CT molecular complexity index is 719. The molecular formula is C16H12OS. The summed E-state index contributed by atoms with van der Waals surface area (Å²) in [5, 5.41) is 2.13. The summed E-state index contributed by atoms with van der Waals surface area (Å²) in [6.07, 6.45) is 0. The second kappa shape index (κ2) is 4.39. The molecule has 0 aliphatic heterocycles. The van der Waals surface area contributed by atoms with E-state index < -0.39 is 0 Å². The van der Waals surface area contributed by atoms with E-state index in [1.54, 1.807) is 11.3 Å². The fourth-order valence-corrected chi connectivity index (χ4v) is 2.93. The van der Waals surface area contributed by atoms with Crippen molar-refractivity contribution >= 4 is 27.9 Å². The summed E-state index contributed by atoms with van der Waals surface area (Å²) in [6.45, 7) is 2.02. The normalized spacial score (nSPS) is 10.7. The summed E-state index contributed by atoms with van der Waals surface area (Å²) in [7, 11) is 0. The van der Waals surface area contributed by atoms with Gasteiger partial charge in [0.25, 0.3) is 0 Å². The molecule has 18 heavy (non-hydrogen) atoms. The van der Waals surface area contributed by atoms with Crippen molar-refractivity contribution in [1.29, 1.82) is 0 Å². The maximum Gasteiger partial charge on any atom is 0.203 e. The van der Waals surface area contributed by atoms with E-state index in [-0.39, 0.29) is 5.78 Å². The lowest BCUT2D eigenvalue weighted by Crippen LogP contribution is -1.99. The van der Waals surface area contributed by atoms with Crippen molar-refractivity contribution in [2.75, 3.05) is 0 Å². The molecule has 3 rings (SSSR count). The van der Waals surface area contributed by atoms with Crippen LogP contribution in [0.3, 0.4) is 0 Å². The fraction of sp³-hybridized carbons (Fsp3) is 0.0625. The van der Waals surface area contributed by atoms with Crippen LogP contribution in [0.15, 0.2) is 54.6 Å². The average Bonchev–Trinajstić information content (AvgIpc) is 2.84. The highest BCUT2D eigenvalue weighted by molar-refractivity contribution is 7.14. The third-order valence-corrected chi connectivity index (χ3v) is 4.00. The number of carbonyl (C=O) groups excluding carboxylic acids is 1. The van der Waals surface area contributed by atoms with E-state index in [1.165, 1.54) is 4.88 Å². The Kier molecular flexibility index (Phi) is 2.73. The first-order chi connectivity index (χ1) is 8.75. The van der Waals surface area contributed by atoms with E-state index in [1.807, 2.05) is 61.5 Å². The van der Waals surface area contributed by atoms with Gasteiger partial charge >= 0.3 is 0 Å². The minimum absolute atomic E-state index is 0.116. The molecule has 0 aliphatic rings. The molecule has 0 N–H and O–H groups in total. The monoisotopic (exact) mass is 252 g/mol. The Balaban J connectivity index is 2.17. The van der Waals surface area contributed by atoms with Crippen LogP contribution in [-0.4, -0.2) is 5.78 Å². The Morgan fingerprint density at radius 1 is 0.944 bits per heavy atom. The zero-order valence-electron chi connectivity index (χ0n) is 10.0. The number of rotatable bonds is 2. The highest BCUT2D eigenvalue weighted by atomic mass is 32.1. The Hall–Kier alpha value is -1.93. The molecule has 0 saturated carbocycles. The van der Waals surface area contributed by atoms with Crippen molar-refractivity contribution in [3.63, 3.8) is 0 Å². The molecular weight excluding hydrogens is 240 g/mol. The van der Waals surface area contributed by atoms with Gasteiger partial charge in [-0.1, -0.05) is 42.5 Å². The summed E-state index contributed by atoms with van der Waals surface area (Å²) in [4.78, 5) is 14.5. The SMILES string of the molecule is Cc1ccc(C(=O)c2cccc3ccccc23)s1. The van der Waals surface area contributed by atoms with Crippen molar-refractivity contribution in [2.24, 2.45) is 0 Å². The van der Waals surface area contributed by atoms with Crippen molar-refractivity contribution in [3.8, 4) is 0 Å². The van der Waals surface area contributed by atoms with Crippen LogP contribution in [0, 0.1) is 6.92 Å².